The van der Waals surface area contributed by atoms with Crippen molar-refractivity contribution in [3.8, 4) is 0 Å². The maximum absolute atomic E-state index is 12.3. The maximum Gasteiger partial charge on any atom is 0.271 e. The molecule has 1 saturated carbocycles. The molecule has 0 heterocycles. The van der Waals surface area contributed by atoms with E-state index in [-0.39, 0.29) is 17.5 Å². The van der Waals surface area contributed by atoms with Gasteiger partial charge in [-0.2, -0.15) is 0 Å². The first-order chi connectivity index (χ1) is 10.2. The summed E-state index contributed by atoms with van der Waals surface area (Å²) in [6, 6.07) is 6.11. The summed E-state index contributed by atoms with van der Waals surface area (Å²) >= 11 is 0. The SMILES string of the molecule is O=C(Nc1cccc([N+](=O)[O-])c1)C1[C@H]2CC/C=C/CC[C@@H]12. The van der Waals surface area contributed by atoms with Crippen LogP contribution in [0.5, 0.6) is 0 Å². The average molecular weight is 286 g/mol. The number of anilines is 1. The topological polar surface area (TPSA) is 72.2 Å². The molecule has 1 aromatic carbocycles. The number of rotatable bonds is 3. The number of hydrogen-bond donors (Lipinski definition) is 1. The molecule has 0 aromatic heterocycles. The number of carbonyl (C=O) groups is 1. The van der Waals surface area contributed by atoms with E-state index in [4.69, 9.17) is 0 Å². The van der Waals surface area contributed by atoms with Crippen LogP contribution in [-0.2, 0) is 4.79 Å². The number of non-ortho nitro benzene ring substituents is 1. The average Bonchev–Trinajstić information content (AvgIpc) is 3.10. The Bertz CT molecular complexity index is 581. The minimum Gasteiger partial charge on any atom is -0.326 e. The van der Waals surface area contributed by atoms with Gasteiger partial charge in [-0.1, -0.05) is 18.2 Å². The summed E-state index contributed by atoms with van der Waals surface area (Å²) < 4.78 is 0. The van der Waals surface area contributed by atoms with Gasteiger partial charge >= 0.3 is 0 Å². The second-order valence-corrected chi connectivity index (χ2v) is 5.78. The predicted octanol–water partition coefficient (Wildman–Crippen LogP) is 3.53. The van der Waals surface area contributed by atoms with Crippen molar-refractivity contribution in [2.24, 2.45) is 17.8 Å². The van der Waals surface area contributed by atoms with Crippen molar-refractivity contribution in [2.45, 2.75) is 25.7 Å². The van der Waals surface area contributed by atoms with Crippen molar-refractivity contribution in [1.29, 1.82) is 0 Å². The normalized spacial score (nSPS) is 28.7. The first-order valence-electron chi connectivity index (χ1n) is 7.37. The van der Waals surface area contributed by atoms with E-state index in [0.717, 1.165) is 25.7 Å². The highest BCUT2D eigenvalue weighted by Crippen LogP contribution is 2.53. The molecule has 3 rings (SSSR count). The lowest BCUT2D eigenvalue weighted by molar-refractivity contribution is -0.384. The van der Waals surface area contributed by atoms with Crippen molar-refractivity contribution < 1.29 is 9.72 Å². The van der Waals surface area contributed by atoms with E-state index in [1.54, 1.807) is 12.1 Å². The molecular formula is C16H18N2O3. The maximum atomic E-state index is 12.3. The number of fused-ring (bicyclic) bond motifs is 1. The number of nitro groups is 1. The van der Waals surface area contributed by atoms with Gasteiger partial charge in [0.05, 0.1) is 4.92 Å². The molecule has 0 saturated heterocycles. The zero-order chi connectivity index (χ0) is 14.8. The Labute approximate surface area is 123 Å². The van der Waals surface area contributed by atoms with Crippen molar-refractivity contribution in [2.75, 3.05) is 5.32 Å². The smallest absolute Gasteiger partial charge is 0.271 e. The first-order valence-corrected chi connectivity index (χ1v) is 7.37. The van der Waals surface area contributed by atoms with E-state index in [1.807, 2.05) is 0 Å². The Hall–Kier alpha value is -2.17. The second-order valence-electron chi connectivity index (χ2n) is 5.78. The molecule has 2 aliphatic rings. The molecule has 5 nitrogen and oxygen atoms in total. The fraction of sp³-hybridized carbons (Fsp3) is 0.438. The summed E-state index contributed by atoms with van der Waals surface area (Å²) in [7, 11) is 0. The number of amides is 1. The van der Waals surface area contributed by atoms with Crippen molar-refractivity contribution in [1.82, 2.24) is 0 Å². The molecular weight excluding hydrogens is 268 g/mol. The van der Waals surface area contributed by atoms with E-state index in [9.17, 15) is 14.9 Å². The molecule has 0 bridgehead atoms. The van der Waals surface area contributed by atoms with Crippen LogP contribution in [0.15, 0.2) is 36.4 Å². The Kier molecular flexibility index (Phi) is 3.73. The molecule has 3 atom stereocenters. The van der Waals surface area contributed by atoms with E-state index >= 15 is 0 Å². The van der Waals surface area contributed by atoms with Crippen molar-refractivity contribution in [3.63, 3.8) is 0 Å². The summed E-state index contributed by atoms with van der Waals surface area (Å²) in [6.07, 6.45) is 8.61. The van der Waals surface area contributed by atoms with Gasteiger partial charge in [-0.05, 0) is 43.6 Å². The minimum atomic E-state index is -0.452. The highest BCUT2D eigenvalue weighted by Gasteiger charge is 2.53. The Morgan fingerprint density at radius 3 is 2.48 bits per heavy atom. The Morgan fingerprint density at radius 1 is 1.19 bits per heavy atom. The van der Waals surface area contributed by atoms with E-state index in [2.05, 4.69) is 17.5 Å². The molecule has 2 aliphatic carbocycles. The van der Waals surface area contributed by atoms with Crippen LogP contribution in [0.3, 0.4) is 0 Å². The molecule has 1 unspecified atom stereocenters. The van der Waals surface area contributed by atoms with Crippen molar-refractivity contribution >= 4 is 17.3 Å². The monoisotopic (exact) mass is 286 g/mol. The zero-order valence-corrected chi connectivity index (χ0v) is 11.7. The van der Waals surface area contributed by atoms with Gasteiger partial charge in [0.2, 0.25) is 5.91 Å². The van der Waals surface area contributed by atoms with Crippen LogP contribution in [0.4, 0.5) is 11.4 Å². The van der Waals surface area contributed by atoms with Crippen LogP contribution in [0.1, 0.15) is 25.7 Å². The lowest BCUT2D eigenvalue weighted by Gasteiger charge is -2.04. The predicted molar refractivity (Wildman–Crippen MR) is 79.8 cm³/mol. The number of allylic oxidation sites excluding steroid dienone is 2. The Morgan fingerprint density at radius 2 is 1.86 bits per heavy atom. The highest BCUT2D eigenvalue weighted by atomic mass is 16.6. The third-order valence-electron chi connectivity index (χ3n) is 4.46. The largest absolute Gasteiger partial charge is 0.326 e. The fourth-order valence-electron chi connectivity index (χ4n) is 3.36. The Balaban J connectivity index is 1.65. The van der Waals surface area contributed by atoms with E-state index in [0.29, 0.717) is 17.5 Å². The van der Waals surface area contributed by atoms with E-state index in [1.165, 1.54) is 12.1 Å². The molecule has 5 heteroatoms. The van der Waals surface area contributed by atoms with Gasteiger partial charge in [-0.25, -0.2) is 0 Å². The molecule has 1 amide bonds. The molecule has 0 aliphatic heterocycles. The quantitative estimate of drug-likeness (QED) is 0.525. The summed E-state index contributed by atoms with van der Waals surface area (Å²) in [4.78, 5) is 22.6. The standard InChI is InChI=1S/C16H18N2O3/c19-16(15-13-8-3-1-2-4-9-14(13)15)17-11-6-5-7-12(10-11)18(20)21/h1-2,5-7,10,13-15H,3-4,8-9H2,(H,17,19)/b2-1+/t13-,14+,15?. The number of benzene rings is 1. The number of carbonyl (C=O) groups excluding carboxylic acids is 1. The summed E-state index contributed by atoms with van der Waals surface area (Å²) in [5.41, 5.74) is 0.505. The molecule has 0 spiro atoms. The second kappa shape index (κ2) is 5.68. The summed E-state index contributed by atoms with van der Waals surface area (Å²) in [5.74, 6) is 1.04. The number of nitrogens with zero attached hydrogens (tertiary/aromatic N) is 1. The van der Waals surface area contributed by atoms with Crippen LogP contribution in [0.25, 0.3) is 0 Å². The van der Waals surface area contributed by atoms with Gasteiger partial charge in [-0.15, -0.1) is 0 Å². The van der Waals surface area contributed by atoms with Crippen LogP contribution in [0, 0.1) is 27.9 Å². The molecule has 21 heavy (non-hydrogen) atoms. The summed E-state index contributed by atoms with van der Waals surface area (Å²) in [5, 5.41) is 13.6. The number of nitro benzene ring substituents is 1. The van der Waals surface area contributed by atoms with Crippen LogP contribution < -0.4 is 5.32 Å². The third kappa shape index (κ3) is 2.96. The van der Waals surface area contributed by atoms with Gasteiger partial charge in [0, 0.05) is 23.7 Å². The molecule has 1 aromatic rings. The fourth-order valence-corrected chi connectivity index (χ4v) is 3.36. The molecule has 1 fully saturated rings. The van der Waals surface area contributed by atoms with Crippen LogP contribution in [0.2, 0.25) is 0 Å². The lowest BCUT2D eigenvalue weighted by atomic mass is 10.1. The third-order valence-corrected chi connectivity index (χ3v) is 4.46. The van der Waals surface area contributed by atoms with Gasteiger partial charge < -0.3 is 5.32 Å². The highest BCUT2D eigenvalue weighted by molar-refractivity contribution is 5.95. The van der Waals surface area contributed by atoms with Gasteiger partial charge in [0.25, 0.3) is 5.69 Å². The lowest BCUT2D eigenvalue weighted by Crippen LogP contribution is -2.15. The molecule has 110 valence electrons. The van der Waals surface area contributed by atoms with Gasteiger partial charge in [0.15, 0.2) is 0 Å². The first kappa shape index (κ1) is 13.8. The zero-order valence-electron chi connectivity index (χ0n) is 11.7. The van der Waals surface area contributed by atoms with E-state index < -0.39 is 4.92 Å². The number of nitrogens with one attached hydrogen (secondary N) is 1. The summed E-state index contributed by atoms with van der Waals surface area (Å²) in [6.45, 7) is 0. The molecule has 1 N–H and O–H groups in total. The van der Waals surface area contributed by atoms with Gasteiger partial charge in [0.1, 0.15) is 0 Å². The van der Waals surface area contributed by atoms with Gasteiger partial charge in [-0.3, -0.25) is 14.9 Å². The minimum absolute atomic E-state index is 0.00110. The number of hydrogen-bond acceptors (Lipinski definition) is 3. The van der Waals surface area contributed by atoms with Crippen LogP contribution in [-0.4, -0.2) is 10.8 Å². The molecule has 0 radical (unpaired) electrons. The van der Waals surface area contributed by atoms with Crippen LogP contribution >= 0.6 is 0 Å². The van der Waals surface area contributed by atoms with Crippen molar-refractivity contribution in [3.05, 3.63) is 46.5 Å².